The molecular weight excluding hydrogens is 226 g/mol. The highest BCUT2D eigenvalue weighted by atomic mass is 32.2. The number of hydrogen-bond donors (Lipinski definition) is 0. The molecule has 1 heterocycles. The van der Waals surface area contributed by atoms with Gasteiger partial charge in [0.25, 0.3) is 0 Å². The molecule has 0 aromatic carbocycles. The molecule has 92 valence electrons. The van der Waals surface area contributed by atoms with Gasteiger partial charge in [0.15, 0.2) is 0 Å². The average Bonchev–Trinajstić information content (AvgIpc) is 2.64. The second kappa shape index (κ2) is 4.55. The SMILES string of the molecule is CC(C)n1ccnc1C(C)S(=O)(=O)N(C)C. The van der Waals surface area contributed by atoms with Crippen LogP contribution in [0.15, 0.2) is 12.4 Å². The number of sulfonamides is 1. The van der Waals surface area contributed by atoms with Crippen molar-refractivity contribution in [2.24, 2.45) is 0 Å². The van der Waals surface area contributed by atoms with E-state index in [9.17, 15) is 8.42 Å². The van der Waals surface area contributed by atoms with Crippen molar-refractivity contribution in [1.29, 1.82) is 0 Å². The predicted octanol–water partition coefficient (Wildman–Crippen LogP) is 1.42. The van der Waals surface area contributed by atoms with E-state index < -0.39 is 15.3 Å². The summed E-state index contributed by atoms with van der Waals surface area (Å²) in [7, 11) is -0.233. The molecule has 1 aromatic heterocycles. The number of rotatable bonds is 4. The number of aromatic nitrogens is 2. The summed E-state index contributed by atoms with van der Waals surface area (Å²) in [4.78, 5) is 4.14. The van der Waals surface area contributed by atoms with Crippen LogP contribution in [0.25, 0.3) is 0 Å². The van der Waals surface area contributed by atoms with Gasteiger partial charge in [-0.15, -0.1) is 0 Å². The molecule has 0 aliphatic rings. The highest BCUT2D eigenvalue weighted by Crippen LogP contribution is 2.24. The first-order valence-corrected chi connectivity index (χ1v) is 6.73. The maximum atomic E-state index is 12.0. The molecular formula is C10H19N3O2S. The van der Waals surface area contributed by atoms with E-state index in [0.29, 0.717) is 5.82 Å². The molecule has 0 bridgehead atoms. The van der Waals surface area contributed by atoms with Crippen LogP contribution in [0.3, 0.4) is 0 Å². The summed E-state index contributed by atoms with van der Waals surface area (Å²) >= 11 is 0. The highest BCUT2D eigenvalue weighted by molar-refractivity contribution is 7.89. The van der Waals surface area contributed by atoms with Crippen LogP contribution in [-0.2, 0) is 10.0 Å². The molecule has 0 aliphatic carbocycles. The second-order valence-corrected chi connectivity index (χ2v) is 6.72. The topological polar surface area (TPSA) is 55.2 Å². The molecule has 0 spiro atoms. The van der Waals surface area contributed by atoms with Gasteiger partial charge in [-0.1, -0.05) is 0 Å². The van der Waals surface area contributed by atoms with Gasteiger partial charge in [0.05, 0.1) is 0 Å². The summed E-state index contributed by atoms with van der Waals surface area (Å²) in [6.45, 7) is 5.66. The Bertz CT molecular complexity index is 448. The maximum absolute atomic E-state index is 12.0. The number of imidazole rings is 1. The largest absolute Gasteiger partial charge is 0.331 e. The molecule has 0 aliphatic heterocycles. The van der Waals surface area contributed by atoms with Crippen LogP contribution in [0.1, 0.15) is 37.9 Å². The van der Waals surface area contributed by atoms with E-state index in [2.05, 4.69) is 4.98 Å². The third kappa shape index (κ3) is 2.27. The molecule has 0 saturated heterocycles. The van der Waals surface area contributed by atoms with Crippen LogP contribution in [0.2, 0.25) is 0 Å². The number of hydrogen-bond acceptors (Lipinski definition) is 3. The summed E-state index contributed by atoms with van der Waals surface area (Å²) in [5, 5.41) is -0.625. The Kier molecular flexibility index (Phi) is 3.75. The van der Waals surface area contributed by atoms with Gasteiger partial charge in [0.1, 0.15) is 11.1 Å². The molecule has 0 fully saturated rings. The lowest BCUT2D eigenvalue weighted by Crippen LogP contribution is -2.28. The molecule has 16 heavy (non-hydrogen) atoms. The molecule has 6 heteroatoms. The smallest absolute Gasteiger partial charge is 0.223 e. The van der Waals surface area contributed by atoms with Gasteiger partial charge in [-0.3, -0.25) is 0 Å². The molecule has 0 saturated carbocycles. The Morgan fingerprint density at radius 2 is 1.88 bits per heavy atom. The van der Waals surface area contributed by atoms with E-state index in [1.165, 1.54) is 18.4 Å². The highest BCUT2D eigenvalue weighted by Gasteiger charge is 2.28. The van der Waals surface area contributed by atoms with Crippen molar-refractivity contribution in [3.63, 3.8) is 0 Å². The summed E-state index contributed by atoms with van der Waals surface area (Å²) in [6.07, 6.45) is 3.44. The third-order valence-electron chi connectivity index (χ3n) is 2.57. The van der Waals surface area contributed by atoms with E-state index in [4.69, 9.17) is 0 Å². The minimum atomic E-state index is -3.31. The van der Waals surface area contributed by atoms with Crippen LogP contribution in [0.4, 0.5) is 0 Å². The predicted molar refractivity (Wildman–Crippen MR) is 63.6 cm³/mol. The van der Waals surface area contributed by atoms with Crippen LogP contribution in [0, 0.1) is 0 Å². The van der Waals surface area contributed by atoms with E-state index in [1.807, 2.05) is 24.6 Å². The monoisotopic (exact) mass is 245 g/mol. The van der Waals surface area contributed by atoms with Crippen molar-refractivity contribution < 1.29 is 8.42 Å². The van der Waals surface area contributed by atoms with Crippen molar-refractivity contribution in [2.45, 2.75) is 32.1 Å². The quantitative estimate of drug-likeness (QED) is 0.806. The zero-order valence-electron chi connectivity index (χ0n) is 10.4. The lowest BCUT2D eigenvalue weighted by Gasteiger charge is -2.20. The Hall–Kier alpha value is -0.880. The van der Waals surface area contributed by atoms with E-state index in [-0.39, 0.29) is 6.04 Å². The van der Waals surface area contributed by atoms with Crippen molar-refractivity contribution in [3.8, 4) is 0 Å². The zero-order chi connectivity index (χ0) is 12.5. The molecule has 1 unspecified atom stereocenters. The summed E-state index contributed by atoms with van der Waals surface area (Å²) in [6, 6.07) is 0.206. The van der Waals surface area contributed by atoms with Crippen molar-refractivity contribution in [3.05, 3.63) is 18.2 Å². The van der Waals surface area contributed by atoms with Crippen molar-refractivity contribution in [2.75, 3.05) is 14.1 Å². The molecule has 1 rings (SSSR count). The lowest BCUT2D eigenvalue weighted by molar-refractivity contribution is 0.497. The normalized spacial score (nSPS) is 14.7. The van der Waals surface area contributed by atoms with Gasteiger partial charge in [-0.05, 0) is 20.8 Å². The Labute approximate surface area is 97.1 Å². The first-order chi connectivity index (χ1) is 7.28. The summed E-state index contributed by atoms with van der Waals surface area (Å²) < 4.78 is 27.1. The molecule has 0 amide bonds. The van der Waals surface area contributed by atoms with Gasteiger partial charge in [-0.25, -0.2) is 17.7 Å². The van der Waals surface area contributed by atoms with Gasteiger partial charge in [0, 0.05) is 32.5 Å². The van der Waals surface area contributed by atoms with Crippen LogP contribution in [-0.4, -0.2) is 36.4 Å². The second-order valence-electron chi connectivity index (χ2n) is 4.26. The molecule has 0 N–H and O–H groups in total. The van der Waals surface area contributed by atoms with Crippen LogP contribution in [0.5, 0.6) is 0 Å². The van der Waals surface area contributed by atoms with Gasteiger partial charge >= 0.3 is 0 Å². The van der Waals surface area contributed by atoms with E-state index >= 15 is 0 Å². The number of nitrogens with zero attached hydrogens (tertiary/aromatic N) is 3. The maximum Gasteiger partial charge on any atom is 0.223 e. The minimum absolute atomic E-state index is 0.206. The Balaban J connectivity index is 3.15. The van der Waals surface area contributed by atoms with Gasteiger partial charge < -0.3 is 4.57 Å². The standard InChI is InChI=1S/C10H19N3O2S/c1-8(2)13-7-6-11-10(13)9(3)16(14,15)12(4)5/h6-9H,1-5H3. The summed E-state index contributed by atoms with van der Waals surface area (Å²) in [5.41, 5.74) is 0. The zero-order valence-corrected chi connectivity index (χ0v) is 11.2. The van der Waals surface area contributed by atoms with Crippen LogP contribution >= 0.6 is 0 Å². The summed E-state index contributed by atoms with van der Waals surface area (Å²) in [5.74, 6) is 0.587. The van der Waals surface area contributed by atoms with Crippen molar-refractivity contribution >= 4 is 10.0 Å². The fourth-order valence-corrected chi connectivity index (χ4v) is 2.61. The van der Waals surface area contributed by atoms with Crippen molar-refractivity contribution in [1.82, 2.24) is 13.9 Å². The molecule has 5 nitrogen and oxygen atoms in total. The fraction of sp³-hybridized carbons (Fsp3) is 0.700. The minimum Gasteiger partial charge on any atom is -0.331 e. The molecule has 0 radical (unpaired) electrons. The Morgan fingerprint density at radius 3 is 2.31 bits per heavy atom. The lowest BCUT2D eigenvalue weighted by atomic mass is 10.3. The first-order valence-electron chi connectivity index (χ1n) is 5.22. The van der Waals surface area contributed by atoms with E-state index in [1.54, 1.807) is 13.1 Å². The van der Waals surface area contributed by atoms with Crippen LogP contribution < -0.4 is 0 Å². The molecule has 1 aromatic rings. The molecule has 1 atom stereocenters. The van der Waals surface area contributed by atoms with Gasteiger partial charge in [-0.2, -0.15) is 0 Å². The Morgan fingerprint density at radius 1 is 1.31 bits per heavy atom. The van der Waals surface area contributed by atoms with E-state index in [0.717, 1.165) is 0 Å². The average molecular weight is 245 g/mol. The van der Waals surface area contributed by atoms with Gasteiger partial charge in [0.2, 0.25) is 10.0 Å². The third-order valence-corrected chi connectivity index (χ3v) is 4.70. The fourth-order valence-electron chi connectivity index (χ4n) is 1.53. The first kappa shape index (κ1) is 13.2.